The first-order chi connectivity index (χ1) is 9.56. The Hall–Kier alpha value is -2.47. The van der Waals surface area contributed by atoms with Crippen LogP contribution in [0.1, 0.15) is 5.56 Å². The normalized spacial score (nSPS) is 10.8. The maximum absolute atomic E-state index is 10.8. The van der Waals surface area contributed by atoms with Gasteiger partial charge in [0.2, 0.25) is 0 Å². The van der Waals surface area contributed by atoms with Gasteiger partial charge in [-0.1, -0.05) is 24.3 Å². The highest BCUT2D eigenvalue weighted by atomic mass is 16.4. The van der Waals surface area contributed by atoms with Crippen LogP contribution >= 0.6 is 0 Å². The van der Waals surface area contributed by atoms with Gasteiger partial charge in [0.05, 0.1) is 13.1 Å². The van der Waals surface area contributed by atoms with Crippen LogP contribution in [0, 0.1) is 0 Å². The molecule has 2 rings (SSSR count). The highest BCUT2D eigenvalue weighted by molar-refractivity contribution is 5.84. The zero-order valence-corrected chi connectivity index (χ0v) is 10.7. The topological polar surface area (TPSA) is 90.7 Å². The lowest BCUT2D eigenvalue weighted by Gasteiger charge is -2.18. The number of nitrogens with zero attached hydrogens (tertiary/aromatic N) is 2. The summed E-state index contributed by atoms with van der Waals surface area (Å²) < 4.78 is 0. The maximum Gasteiger partial charge on any atom is 0.317 e. The number of pyridine rings is 1. The summed E-state index contributed by atoms with van der Waals surface area (Å²) in [4.78, 5) is 27.0. The number of hydrogen-bond acceptors (Lipinski definition) is 4. The lowest BCUT2D eigenvalue weighted by atomic mass is 10.1. The van der Waals surface area contributed by atoms with Gasteiger partial charge in [0.15, 0.2) is 0 Å². The molecule has 0 radical (unpaired) electrons. The third kappa shape index (κ3) is 3.52. The molecule has 0 aliphatic heterocycles. The van der Waals surface area contributed by atoms with Gasteiger partial charge in [0, 0.05) is 24.3 Å². The van der Waals surface area contributed by atoms with Gasteiger partial charge in [-0.3, -0.25) is 19.5 Å². The first-order valence-corrected chi connectivity index (χ1v) is 6.04. The molecule has 6 heteroatoms. The van der Waals surface area contributed by atoms with Crippen LogP contribution in [0.25, 0.3) is 10.8 Å². The van der Waals surface area contributed by atoms with Gasteiger partial charge >= 0.3 is 11.9 Å². The minimum atomic E-state index is -1.06. The standard InChI is InChI=1S/C14H14N2O4/c17-13(18)8-16(9-14(19)20)7-11-6-15-5-10-3-1-2-4-12(10)11/h1-6H,7-9H2,(H,17,18)(H,19,20). The summed E-state index contributed by atoms with van der Waals surface area (Å²) in [5.74, 6) is -2.11. The summed E-state index contributed by atoms with van der Waals surface area (Å²) in [7, 11) is 0. The molecule has 0 fully saturated rings. The summed E-state index contributed by atoms with van der Waals surface area (Å²) in [5.41, 5.74) is 0.811. The molecular formula is C14H14N2O4. The van der Waals surface area contributed by atoms with Crippen molar-refractivity contribution in [3.05, 3.63) is 42.2 Å². The van der Waals surface area contributed by atoms with Gasteiger partial charge in [-0.05, 0) is 10.9 Å². The number of carboxylic acids is 2. The van der Waals surface area contributed by atoms with Crippen molar-refractivity contribution in [2.24, 2.45) is 0 Å². The van der Waals surface area contributed by atoms with Crippen molar-refractivity contribution in [3.63, 3.8) is 0 Å². The fraction of sp³-hybridized carbons (Fsp3) is 0.214. The van der Waals surface area contributed by atoms with E-state index in [-0.39, 0.29) is 19.6 Å². The molecule has 1 heterocycles. The van der Waals surface area contributed by atoms with E-state index in [0.717, 1.165) is 16.3 Å². The van der Waals surface area contributed by atoms with E-state index >= 15 is 0 Å². The lowest BCUT2D eigenvalue weighted by molar-refractivity contribution is -0.141. The van der Waals surface area contributed by atoms with Crippen molar-refractivity contribution >= 4 is 22.7 Å². The molecule has 104 valence electrons. The first-order valence-electron chi connectivity index (χ1n) is 6.04. The third-order valence-corrected chi connectivity index (χ3v) is 2.86. The van der Waals surface area contributed by atoms with Crippen molar-refractivity contribution in [2.75, 3.05) is 13.1 Å². The molecule has 2 aromatic rings. The average Bonchev–Trinajstić information content (AvgIpc) is 2.37. The van der Waals surface area contributed by atoms with E-state index in [1.807, 2.05) is 24.3 Å². The number of carbonyl (C=O) groups is 2. The molecule has 0 saturated carbocycles. The zero-order chi connectivity index (χ0) is 14.5. The quantitative estimate of drug-likeness (QED) is 0.822. The van der Waals surface area contributed by atoms with Gasteiger partial charge in [-0.2, -0.15) is 0 Å². The number of benzene rings is 1. The largest absolute Gasteiger partial charge is 0.480 e. The summed E-state index contributed by atoms with van der Waals surface area (Å²) >= 11 is 0. The summed E-state index contributed by atoms with van der Waals surface area (Å²) in [6.45, 7) is -0.419. The highest BCUT2D eigenvalue weighted by Crippen LogP contribution is 2.18. The molecule has 0 spiro atoms. The molecule has 0 atom stereocenters. The fourth-order valence-corrected chi connectivity index (χ4v) is 2.10. The van der Waals surface area contributed by atoms with Crippen LogP contribution in [0.3, 0.4) is 0 Å². The fourth-order valence-electron chi connectivity index (χ4n) is 2.10. The number of aromatic nitrogens is 1. The Bertz CT molecular complexity index is 621. The van der Waals surface area contributed by atoms with Gasteiger partial charge in [0.25, 0.3) is 0 Å². The minimum absolute atomic E-state index is 0.229. The van der Waals surface area contributed by atoms with E-state index in [1.165, 1.54) is 4.90 Å². The Labute approximate surface area is 115 Å². The van der Waals surface area contributed by atoms with Crippen LogP contribution < -0.4 is 0 Å². The Morgan fingerprint density at radius 1 is 1.05 bits per heavy atom. The number of fused-ring (bicyclic) bond motifs is 1. The summed E-state index contributed by atoms with van der Waals surface area (Å²) in [6, 6.07) is 7.58. The van der Waals surface area contributed by atoms with E-state index < -0.39 is 11.9 Å². The molecule has 1 aromatic carbocycles. The molecule has 0 saturated heterocycles. The maximum atomic E-state index is 10.8. The lowest BCUT2D eigenvalue weighted by Crippen LogP contribution is -2.34. The second-order valence-corrected chi connectivity index (χ2v) is 4.45. The van der Waals surface area contributed by atoms with Crippen LogP contribution in [-0.4, -0.2) is 45.1 Å². The Morgan fingerprint density at radius 3 is 2.35 bits per heavy atom. The van der Waals surface area contributed by atoms with Crippen molar-refractivity contribution in [2.45, 2.75) is 6.54 Å². The van der Waals surface area contributed by atoms with E-state index in [9.17, 15) is 9.59 Å². The Morgan fingerprint density at radius 2 is 1.70 bits per heavy atom. The average molecular weight is 274 g/mol. The predicted molar refractivity (Wildman–Crippen MR) is 72.3 cm³/mol. The van der Waals surface area contributed by atoms with Crippen LogP contribution in [-0.2, 0) is 16.1 Å². The van der Waals surface area contributed by atoms with Gasteiger partial charge in [-0.15, -0.1) is 0 Å². The van der Waals surface area contributed by atoms with Crippen LogP contribution in [0.2, 0.25) is 0 Å². The summed E-state index contributed by atoms with van der Waals surface area (Å²) in [6.07, 6.45) is 3.36. The molecule has 6 nitrogen and oxygen atoms in total. The molecule has 2 N–H and O–H groups in total. The molecule has 20 heavy (non-hydrogen) atoms. The zero-order valence-electron chi connectivity index (χ0n) is 10.7. The first kappa shape index (κ1) is 14.0. The third-order valence-electron chi connectivity index (χ3n) is 2.86. The molecule has 1 aromatic heterocycles. The molecule has 0 unspecified atom stereocenters. The monoisotopic (exact) mass is 274 g/mol. The molecule has 0 aliphatic rings. The van der Waals surface area contributed by atoms with Gasteiger partial charge in [0.1, 0.15) is 0 Å². The van der Waals surface area contributed by atoms with E-state index in [2.05, 4.69) is 4.98 Å². The van der Waals surface area contributed by atoms with Gasteiger partial charge < -0.3 is 10.2 Å². The minimum Gasteiger partial charge on any atom is -0.480 e. The van der Waals surface area contributed by atoms with Crippen LogP contribution in [0.4, 0.5) is 0 Å². The highest BCUT2D eigenvalue weighted by Gasteiger charge is 2.15. The Balaban J connectivity index is 2.27. The van der Waals surface area contributed by atoms with Crippen LogP contribution in [0.5, 0.6) is 0 Å². The van der Waals surface area contributed by atoms with Gasteiger partial charge in [-0.25, -0.2) is 0 Å². The van der Waals surface area contributed by atoms with E-state index in [1.54, 1.807) is 12.4 Å². The number of aliphatic carboxylic acids is 2. The molecular weight excluding hydrogens is 260 g/mol. The number of rotatable bonds is 6. The number of carboxylic acid groups (broad SMARTS) is 2. The summed E-state index contributed by atoms with van der Waals surface area (Å²) in [5, 5.41) is 19.6. The predicted octanol–water partition coefficient (Wildman–Crippen LogP) is 1.21. The molecule has 0 aliphatic carbocycles. The van der Waals surface area contributed by atoms with Crippen molar-refractivity contribution in [1.29, 1.82) is 0 Å². The smallest absolute Gasteiger partial charge is 0.317 e. The molecule has 0 bridgehead atoms. The van der Waals surface area contributed by atoms with Crippen LogP contribution in [0.15, 0.2) is 36.7 Å². The second kappa shape index (κ2) is 6.12. The SMILES string of the molecule is O=C(O)CN(CC(=O)O)Cc1cncc2ccccc12. The second-order valence-electron chi connectivity index (χ2n) is 4.45. The van der Waals surface area contributed by atoms with Crippen molar-refractivity contribution < 1.29 is 19.8 Å². The Kier molecular flexibility index (Phi) is 4.27. The van der Waals surface area contributed by atoms with Crippen molar-refractivity contribution in [3.8, 4) is 0 Å². The van der Waals surface area contributed by atoms with E-state index in [4.69, 9.17) is 10.2 Å². The molecule has 0 amide bonds. The van der Waals surface area contributed by atoms with E-state index in [0.29, 0.717) is 0 Å². The van der Waals surface area contributed by atoms with Crippen molar-refractivity contribution in [1.82, 2.24) is 9.88 Å². The number of hydrogen-bond donors (Lipinski definition) is 2.